The first-order valence-corrected chi connectivity index (χ1v) is 5.70. The van der Waals surface area contributed by atoms with E-state index in [1.54, 1.807) is 24.3 Å². The number of halogens is 1. The molecule has 0 unspecified atom stereocenters. The van der Waals surface area contributed by atoms with Crippen molar-refractivity contribution >= 4 is 11.6 Å². The lowest BCUT2D eigenvalue weighted by Gasteiger charge is -2.06. The molecule has 7 heteroatoms. The minimum Gasteiger partial charge on any atom is -0.487 e. The highest BCUT2D eigenvalue weighted by atomic mass is 35.5. The van der Waals surface area contributed by atoms with Crippen LogP contribution in [0.15, 0.2) is 24.3 Å². The maximum absolute atomic E-state index is 8.91. The van der Waals surface area contributed by atoms with E-state index < -0.39 is 0 Å². The number of hydrogen-bond donors (Lipinski definition) is 0. The summed E-state index contributed by atoms with van der Waals surface area (Å²) in [6.07, 6.45) is 0. The second-order valence-corrected chi connectivity index (χ2v) is 3.99. The SMILES string of the molecule is N#CCn1nnc(C#N)c1COc1ccc(Cl)cc1. The van der Waals surface area contributed by atoms with Crippen LogP contribution in [-0.4, -0.2) is 15.0 Å². The molecule has 0 aliphatic carbocycles. The molecule has 0 bridgehead atoms. The van der Waals surface area contributed by atoms with Crippen molar-refractivity contribution < 1.29 is 4.74 Å². The fraction of sp³-hybridized carbons (Fsp3) is 0.167. The third-order valence-corrected chi connectivity index (χ3v) is 2.61. The van der Waals surface area contributed by atoms with Crippen LogP contribution in [0.2, 0.25) is 5.02 Å². The lowest BCUT2D eigenvalue weighted by Crippen LogP contribution is -2.08. The van der Waals surface area contributed by atoms with E-state index in [4.69, 9.17) is 26.9 Å². The summed E-state index contributed by atoms with van der Waals surface area (Å²) in [7, 11) is 0. The molecule has 0 aliphatic heterocycles. The zero-order chi connectivity index (χ0) is 13.7. The molecule has 19 heavy (non-hydrogen) atoms. The molecule has 0 radical (unpaired) electrons. The van der Waals surface area contributed by atoms with Gasteiger partial charge in [-0.25, -0.2) is 4.68 Å². The maximum Gasteiger partial charge on any atom is 0.189 e. The Bertz CT molecular complexity index is 650. The molecule has 0 saturated carbocycles. The smallest absolute Gasteiger partial charge is 0.189 e. The quantitative estimate of drug-likeness (QED) is 0.849. The van der Waals surface area contributed by atoms with E-state index >= 15 is 0 Å². The van der Waals surface area contributed by atoms with Gasteiger partial charge in [0.2, 0.25) is 0 Å². The molecule has 1 aromatic heterocycles. The Hall–Kier alpha value is -2.57. The number of nitrogens with zero attached hydrogens (tertiary/aromatic N) is 5. The molecule has 0 saturated heterocycles. The summed E-state index contributed by atoms with van der Waals surface area (Å²) >= 11 is 5.77. The van der Waals surface area contributed by atoms with Crippen molar-refractivity contribution in [3.63, 3.8) is 0 Å². The van der Waals surface area contributed by atoms with E-state index in [0.717, 1.165) is 0 Å². The van der Waals surface area contributed by atoms with Gasteiger partial charge in [0.15, 0.2) is 5.69 Å². The van der Waals surface area contributed by atoms with Crippen molar-refractivity contribution in [1.82, 2.24) is 15.0 Å². The molecule has 6 nitrogen and oxygen atoms in total. The Balaban J connectivity index is 2.15. The first kappa shape index (κ1) is 12.9. The monoisotopic (exact) mass is 273 g/mol. The van der Waals surface area contributed by atoms with Gasteiger partial charge in [0.25, 0.3) is 0 Å². The summed E-state index contributed by atoms with van der Waals surface area (Å²) in [6, 6.07) is 10.7. The highest BCUT2D eigenvalue weighted by Gasteiger charge is 2.13. The summed E-state index contributed by atoms with van der Waals surface area (Å²) in [6.45, 7) is 0.132. The average Bonchev–Trinajstić information content (AvgIpc) is 2.81. The number of ether oxygens (including phenoxy) is 1. The normalized spacial score (nSPS) is 9.63. The highest BCUT2D eigenvalue weighted by Crippen LogP contribution is 2.17. The zero-order valence-corrected chi connectivity index (χ0v) is 10.5. The Morgan fingerprint density at radius 3 is 2.63 bits per heavy atom. The topological polar surface area (TPSA) is 87.5 Å². The van der Waals surface area contributed by atoms with E-state index in [-0.39, 0.29) is 18.8 Å². The standard InChI is InChI=1S/C12H8ClN5O/c13-9-1-3-10(4-2-9)19-8-12-11(7-15)16-17-18(12)6-5-14/h1-4H,6,8H2. The Morgan fingerprint density at radius 2 is 2.00 bits per heavy atom. The van der Waals surface area contributed by atoms with E-state index in [2.05, 4.69) is 10.3 Å². The fourth-order valence-corrected chi connectivity index (χ4v) is 1.56. The molecular weight excluding hydrogens is 266 g/mol. The minimum atomic E-state index is 0.0218. The lowest BCUT2D eigenvalue weighted by molar-refractivity contribution is 0.293. The largest absolute Gasteiger partial charge is 0.487 e. The Morgan fingerprint density at radius 1 is 1.26 bits per heavy atom. The molecule has 0 spiro atoms. The summed E-state index contributed by atoms with van der Waals surface area (Å²) in [5, 5.41) is 25.6. The van der Waals surface area contributed by atoms with Gasteiger partial charge >= 0.3 is 0 Å². The van der Waals surface area contributed by atoms with E-state index in [9.17, 15) is 0 Å². The summed E-state index contributed by atoms with van der Waals surface area (Å²) in [5.41, 5.74) is 0.628. The van der Waals surface area contributed by atoms with Crippen LogP contribution in [0.3, 0.4) is 0 Å². The van der Waals surface area contributed by atoms with Crippen molar-refractivity contribution in [3.8, 4) is 17.9 Å². The van der Waals surface area contributed by atoms with Gasteiger partial charge in [0, 0.05) is 5.02 Å². The van der Waals surface area contributed by atoms with E-state index in [1.807, 2.05) is 12.1 Å². The van der Waals surface area contributed by atoms with Gasteiger partial charge in [0.1, 0.15) is 30.7 Å². The summed E-state index contributed by atoms with van der Waals surface area (Å²) in [5.74, 6) is 0.609. The maximum atomic E-state index is 8.91. The summed E-state index contributed by atoms with van der Waals surface area (Å²) in [4.78, 5) is 0. The molecule has 0 atom stereocenters. The molecule has 0 aliphatic rings. The molecule has 0 N–H and O–H groups in total. The molecule has 0 amide bonds. The van der Waals surface area contributed by atoms with Crippen LogP contribution in [-0.2, 0) is 13.2 Å². The van der Waals surface area contributed by atoms with Crippen LogP contribution >= 0.6 is 11.6 Å². The van der Waals surface area contributed by atoms with Crippen molar-refractivity contribution in [2.24, 2.45) is 0 Å². The highest BCUT2D eigenvalue weighted by molar-refractivity contribution is 6.30. The zero-order valence-electron chi connectivity index (χ0n) is 9.75. The van der Waals surface area contributed by atoms with Crippen LogP contribution in [0, 0.1) is 22.7 Å². The van der Waals surface area contributed by atoms with Gasteiger partial charge in [-0.15, -0.1) is 5.10 Å². The molecule has 0 fully saturated rings. The molecule has 1 heterocycles. The van der Waals surface area contributed by atoms with Crippen molar-refractivity contribution in [2.75, 3.05) is 0 Å². The summed E-state index contributed by atoms with van der Waals surface area (Å²) < 4.78 is 6.86. The Kier molecular flexibility index (Phi) is 3.97. The first-order chi connectivity index (χ1) is 9.24. The fourth-order valence-electron chi connectivity index (χ4n) is 1.44. The first-order valence-electron chi connectivity index (χ1n) is 5.32. The van der Waals surface area contributed by atoms with Gasteiger partial charge in [-0.3, -0.25) is 0 Å². The van der Waals surface area contributed by atoms with Crippen LogP contribution < -0.4 is 4.74 Å². The van der Waals surface area contributed by atoms with Crippen LogP contribution in [0.25, 0.3) is 0 Å². The third-order valence-electron chi connectivity index (χ3n) is 2.35. The number of rotatable bonds is 4. The number of hydrogen-bond acceptors (Lipinski definition) is 5. The predicted molar refractivity (Wildman–Crippen MR) is 66.1 cm³/mol. The van der Waals surface area contributed by atoms with Gasteiger partial charge < -0.3 is 4.74 Å². The third kappa shape index (κ3) is 3.01. The Labute approximate surface area is 114 Å². The minimum absolute atomic E-state index is 0.0218. The lowest BCUT2D eigenvalue weighted by atomic mass is 10.3. The molecule has 94 valence electrons. The van der Waals surface area contributed by atoms with Gasteiger partial charge in [-0.1, -0.05) is 16.8 Å². The molecular formula is C12H8ClN5O. The number of benzene rings is 1. The molecule has 2 aromatic rings. The second kappa shape index (κ2) is 5.85. The number of aromatic nitrogens is 3. The van der Waals surface area contributed by atoms with E-state index in [0.29, 0.717) is 16.5 Å². The van der Waals surface area contributed by atoms with Crippen molar-refractivity contribution in [1.29, 1.82) is 10.5 Å². The molecule has 2 rings (SSSR count). The molecule has 1 aromatic carbocycles. The van der Waals surface area contributed by atoms with Gasteiger partial charge in [-0.2, -0.15) is 10.5 Å². The number of nitriles is 2. The van der Waals surface area contributed by atoms with Crippen LogP contribution in [0.4, 0.5) is 0 Å². The van der Waals surface area contributed by atoms with Crippen LogP contribution in [0.5, 0.6) is 5.75 Å². The van der Waals surface area contributed by atoms with Gasteiger partial charge in [-0.05, 0) is 24.3 Å². The van der Waals surface area contributed by atoms with Crippen molar-refractivity contribution in [2.45, 2.75) is 13.2 Å². The van der Waals surface area contributed by atoms with Gasteiger partial charge in [0.05, 0.1) is 6.07 Å². The van der Waals surface area contributed by atoms with Crippen LogP contribution in [0.1, 0.15) is 11.4 Å². The van der Waals surface area contributed by atoms with E-state index in [1.165, 1.54) is 4.68 Å². The second-order valence-electron chi connectivity index (χ2n) is 3.55. The average molecular weight is 274 g/mol. The predicted octanol–water partition coefficient (Wildman–Crippen LogP) is 1.91. The van der Waals surface area contributed by atoms with Crippen molar-refractivity contribution in [3.05, 3.63) is 40.7 Å².